The molecule has 3 aromatic rings. The van der Waals surface area contributed by atoms with Crippen molar-refractivity contribution < 1.29 is 13.9 Å². The van der Waals surface area contributed by atoms with Crippen molar-refractivity contribution in [1.82, 2.24) is 14.4 Å². The first-order valence-electron chi connectivity index (χ1n) is 7.69. The van der Waals surface area contributed by atoms with Crippen molar-refractivity contribution in [3.63, 3.8) is 0 Å². The van der Waals surface area contributed by atoms with E-state index in [0.717, 1.165) is 12.5 Å². The van der Waals surface area contributed by atoms with Crippen LogP contribution in [0.4, 0.5) is 14.6 Å². The van der Waals surface area contributed by atoms with E-state index < -0.39 is 12.0 Å². The predicted octanol–water partition coefficient (Wildman–Crippen LogP) is 3.40. The van der Waals surface area contributed by atoms with Crippen LogP contribution < -0.4 is 5.73 Å². The number of aromatic nitrogens is 3. The summed E-state index contributed by atoms with van der Waals surface area (Å²) in [7, 11) is 0. The molecule has 0 bridgehead atoms. The van der Waals surface area contributed by atoms with Crippen LogP contribution >= 0.6 is 0 Å². The minimum atomic E-state index is -3.35. The summed E-state index contributed by atoms with van der Waals surface area (Å²) in [5, 5.41) is 9.40. The van der Waals surface area contributed by atoms with Crippen LogP contribution in [0.25, 0.3) is 23.0 Å². The summed E-state index contributed by atoms with van der Waals surface area (Å²) in [6.45, 7) is 6.55. The smallest absolute Gasteiger partial charge is 0.298 e. The normalized spacial score (nSPS) is 13.2. The second-order valence-corrected chi connectivity index (χ2v) is 5.92. The second kappa shape index (κ2) is 5.93. The summed E-state index contributed by atoms with van der Waals surface area (Å²) >= 11 is 0. The summed E-state index contributed by atoms with van der Waals surface area (Å²) in [5.74, 6) is -3.12. The number of aliphatic hydroxyl groups excluding tert-OH is 1. The van der Waals surface area contributed by atoms with E-state index in [-0.39, 0.29) is 11.4 Å². The first-order chi connectivity index (χ1) is 11.8. The lowest BCUT2D eigenvalue weighted by Crippen LogP contribution is -2.28. The molecular weight excluding hydrogens is 326 g/mol. The summed E-state index contributed by atoms with van der Waals surface area (Å²) in [5.41, 5.74) is 8.61. The van der Waals surface area contributed by atoms with Crippen molar-refractivity contribution >= 4 is 17.5 Å². The Balaban J connectivity index is 2.25. The molecule has 0 amide bonds. The first-order valence-corrected chi connectivity index (χ1v) is 7.69. The molecule has 2 aromatic heterocycles. The fourth-order valence-electron chi connectivity index (χ4n) is 2.68. The molecule has 1 atom stereocenters. The van der Waals surface area contributed by atoms with Crippen molar-refractivity contribution in [2.24, 2.45) is 0 Å². The molecule has 1 aromatic carbocycles. The Morgan fingerprint density at radius 3 is 2.76 bits per heavy atom. The zero-order valence-corrected chi connectivity index (χ0v) is 13.9. The number of halogens is 2. The molecule has 0 aliphatic carbocycles. The quantitative estimate of drug-likeness (QED) is 0.760. The third-order valence-electron chi connectivity index (χ3n) is 4.17. The Kier molecular flexibility index (Phi) is 4.04. The van der Waals surface area contributed by atoms with E-state index in [1.807, 2.05) is 6.92 Å². The van der Waals surface area contributed by atoms with E-state index in [1.165, 1.54) is 12.1 Å². The lowest BCUT2D eigenvalue weighted by molar-refractivity contribution is -0.106. The summed E-state index contributed by atoms with van der Waals surface area (Å²) in [6, 6.07) is 4.29. The lowest BCUT2D eigenvalue weighted by Gasteiger charge is -2.21. The van der Waals surface area contributed by atoms with Crippen molar-refractivity contribution in [3.8, 4) is 11.3 Å². The number of hydrogen-bond donors (Lipinski definition) is 2. The van der Waals surface area contributed by atoms with Crippen LogP contribution in [0.5, 0.6) is 0 Å². The highest BCUT2D eigenvalue weighted by Crippen LogP contribution is 2.35. The van der Waals surface area contributed by atoms with Crippen LogP contribution in [-0.2, 0) is 5.92 Å². The molecule has 25 heavy (non-hydrogen) atoms. The molecule has 1 unspecified atom stereocenters. The Hall–Kier alpha value is -2.80. The Labute approximate surface area is 143 Å². The van der Waals surface area contributed by atoms with Gasteiger partial charge < -0.3 is 10.8 Å². The number of anilines is 1. The SMILES string of the molecule is C=Cc1cn2c(-c3cc(C(F)(F)C(C)O)ccc3C)cnc2c(N)n1. The van der Waals surface area contributed by atoms with Gasteiger partial charge in [0.15, 0.2) is 11.5 Å². The monoisotopic (exact) mass is 344 g/mol. The van der Waals surface area contributed by atoms with Crippen LogP contribution in [0.1, 0.15) is 23.7 Å². The molecular formula is C18H18F2N4O. The average Bonchev–Trinajstić information content (AvgIpc) is 2.99. The zero-order chi connectivity index (χ0) is 18.4. The third-order valence-corrected chi connectivity index (χ3v) is 4.17. The minimum absolute atomic E-state index is 0.228. The van der Waals surface area contributed by atoms with Gasteiger partial charge in [0.25, 0.3) is 5.92 Å². The number of nitrogens with zero attached hydrogens (tertiary/aromatic N) is 3. The first kappa shape index (κ1) is 17.0. The minimum Gasteiger partial charge on any atom is -0.387 e. The van der Waals surface area contributed by atoms with Crippen LogP contribution in [0.15, 0.2) is 37.2 Å². The average molecular weight is 344 g/mol. The number of aliphatic hydroxyl groups is 1. The fraction of sp³-hybridized carbons (Fsp3) is 0.222. The Morgan fingerprint density at radius 2 is 2.12 bits per heavy atom. The van der Waals surface area contributed by atoms with Gasteiger partial charge in [-0.2, -0.15) is 8.78 Å². The molecule has 0 radical (unpaired) electrons. The van der Waals surface area contributed by atoms with E-state index in [4.69, 9.17) is 5.73 Å². The Bertz CT molecular complexity index is 963. The van der Waals surface area contributed by atoms with Gasteiger partial charge in [-0.1, -0.05) is 18.7 Å². The van der Waals surface area contributed by atoms with Gasteiger partial charge in [0.05, 0.1) is 17.6 Å². The van der Waals surface area contributed by atoms with Crippen LogP contribution in [0.2, 0.25) is 0 Å². The van der Waals surface area contributed by atoms with Gasteiger partial charge in [0, 0.05) is 17.3 Å². The highest BCUT2D eigenvalue weighted by atomic mass is 19.3. The number of benzene rings is 1. The molecule has 0 aliphatic heterocycles. The molecule has 0 saturated carbocycles. The molecule has 7 heteroatoms. The van der Waals surface area contributed by atoms with Gasteiger partial charge in [0.1, 0.15) is 6.10 Å². The van der Waals surface area contributed by atoms with Gasteiger partial charge in [-0.3, -0.25) is 4.40 Å². The standard InChI is InChI=1S/C18H18F2N4O/c1-4-13-9-24-15(8-22-17(24)16(21)23-13)14-7-12(6-5-10(14)2)18(19,20)11(3)25/h4-9,11,25H,1H2,2-3H3,(H2,21,23). The number of hydrogen-bond acceptors (Lipinski definition) is 4. The zero-order valence-electron chi connectivity index (χ0n) is 13.9. The molecule has 0 spiro atoms. The maximum Gasteiger partial charge on any atom is 0.298 e. The molecule has 130 valence electrons. The summed E-state index contributed by atoms with van der Waals surface area (Å²) in [4.78, 5) is 8.39. The molecule has 5 nitrogen and oxygen atoms in total. The van der Waals surface area contributed by atoms with Gasteiger partial charge in [-0.25, -0.2) is 9.97 Å². The number of fused-ring (bicyclic) bond motifs is 1. The molecule has 2 heterocycles. The van der Waals surface area contributed by atoms with Crippen LogP contribution in [0, 0.1) is 6.92 Å². The number of nitrogen functional groups attached to an aromatic ring is 1. The molecule has 0 fully saturated rings. The van der Waals surface area contributed by atoms with E-state index in [9.17, 15) is 13.9 Å². The second-order valence-electron chi connectivity index (χ2n) is 5.92. The highest BCUT2D eigenvalue weighted by molar-refractivity contribution is 5.72. The van der Waals surface area contributed by atoms with Gasteiger partial charge in [-0.15, -0.1) is 0 Å². The number of imidazole rings is 1. The van der Waals surface area contributed by atoms with E-state index in [1.54, 1.807) is 28.9 Å². The maximum absolute atomic E-state index is 14.2. The number of nitrogens with two attached hydrogens (primary N) is 1. The van der Waals surface area contributed by atoms with Gasteiger partial charge in [-0.05, 0) is 31.6 Å². The van der Waals surface area contributed by atoms with Gasteiger partial charge >= 0.3 is 0 Å². The highest BCUT2D eigenvalue weighted by Gasteiger charge is 2.37. The van der Waals surface area contributed by atoms with E-state index in [2.05, 4.69) is 16.5 Å². The van der Waals surface area contributed by atoms with Gasteiger partial charge in [0.2, 0.25) is 0 Å². The Morgan fingerprint density at radius 1 is 1.40 bits per heavy atom. The summed E-state index contributed by atoms with van der Waals surface area (Å²) in [6.07, 6.45) is 3.01. The number of alkyl halides is 2. The molecule has 3 N–H and O–H groups in total. The van der Waals surface area contributed by atoms with Crippen molar-refractivity contribution in [2.75, 3.05) is 5.73 Å². The molecule has 0 saturated heterocycles. The molecule has 3 rings (SSSR count). The largest absolute Gasteiger partial charge is 0.387 e. The van der Waals surface area contributed by atoms with Crippen LogP contribution in [0.3, 0.4) is 0 Å². The van der Waals surface area contributed by atoms with Crippen molar-refractivity contribution in [1.29, 1.82) is 0 Å². The maximum atomic E-state index is 14.2. The number of aryl methyl sites for hydroxylation is 1. The molecule has 0 aliphatic rings. The van der Waals surface area contributed by atoms with E-state index in [0.29, 0.717) is 22.6 Å². The lowest BCUT2D eigenvalue weighted by atomic mass is 9.97. The van der Waals surface area contributed by atoms with Crippen LogP contribution in [-0.4, -0.2) is 25.6 Å². The van der Waals surface area contributed by atoms with Crippen molar-refractivity contribution in [2.45, 2.75) is 25.9 Å². The summed E-state index contributed by atoms with van der Waals surface area (Å²) < 4.78 is 30.1. The van der Waals surface area contributed by atoms with Crippen molar-refractivity contribution in [3.05, 3.63) is 54.0 Å². The van der Waals surface area contributed by atoms with E-state index >= 15 is 0 Å². The fourth-order valence-corrected chi connectivity index (χ4v) is 2.68. The third kappa shape index (κ3) is 2.76. The topological polar surface area (TPSA) is 76.4 Å². The number of rotatable bonds is 4. The predicted molar refractivity (Wildman–Crippen MR) is 93.2 cm³/mol.